The molecule has 3 aromatic rings. The first-order valence-corrected chi connectivity index (χ1v) is 11.9. The molecular formula is C27H36N4O3. The van der Waals surface area contributed by atoms with Crippen molar-refractivity contribution in [3.63, 3.8) is 0 Å². The number of nitrogens with zero attached hydrogens (tertiary/aromatic N) is 2. The van der Waals surface area contributed by atoms with Crippen LogP contribution in [0.15, 0.2) is 42.5 Å². The van der Waals surface area contributed by atoms with E-state index in [-0.39, 0.29) is 0 Å². The fourth-order valence-electron chi connectivity index (χ4n) is 4.81. The molecule has 0 atom stereocenters. The molecule has 0 spiro atoms. The maximum absolute atomic E-state index is 5.62. The van der Waals surface area contributed by atoms with Crippen LogP contribution in [0.3, 0.4) is 0 Å². The third-order valence-electron chi connectivity index (χ3n) is 6.62. The highest BCUT2D eigenvalue weighted by atomic mass is 16.5. The average Bonchev–Trinajstić information content (AvgIpc) is 2.87. The molecule has 7 nitrogen and oxygen atoms in total. The van der Waals surface area contributed by atoms with E-state index < -0.39 is 0 Å². The Hall–Kier alpha value is -3.19. The van der Waals surface area contributed by atoms with E-state index in [1.54, 1.807) is 21.3 Å². The van der Waals surface area contributed by atoms with Crippen molar-refractivity contribution in [1.29, 1.82) is 0 Å². The Kier molecular flexibility index (Phi) is 7.63. The average molecular weight is 465 g/mol. The van der Waals surface area contributed by atoms with Gasteiger partial charge in [-0.25, -0.2) is 4.98 Å². The highest BCUT2D eigenvalue weighted by molar-refractivity contribution is 5.93. The van der Waals surface area contributed by atoms with E-state index in [1.165, 1.54) is 11.1 Å². The molecule has 0 unspecified atom stereocenters. The van der Waals surface area contributed by atoms with Crippen LogP contribution in [0.1, 0.15) is 31.2 Å². The molecule has 0 bridgehead atoms. The van der Waals surface area contributed by atoms with Crippen LogP contribution >= 0.6 is 0 Å². The second-order valence-electron chi connectivity index (χ2n) is 9.01. The molecule has 7 heteroatoms. The Morgan fingerprint density at radius 2 is 1.59 bits per heavy atom. The van der Waals surface area contributed by atoms with E-state index in [0.29, 0.717) is 23.6 Å². The number of aromatic nitrogens is 1. The number of fused-ring (bicyclic) bond motifs is 1. The second kappa shape index (κ2) is 10.8. The van der Waals surface area contributed by atoms with Gasteiger partial charge in [0.2, 0.25) is 5.75 Å². The number of hydrogen-bond acceptors (Lipinski definition) is 7. The predicted octanol–water partition coefficient (Wildman–Crippen LogP) is 4.84. The fourth-order valence-corrected chi connectivity index (χ4v) is 4.81. The third kappa shape index (κ3) is 5.14. The summed E-state index contributed by atoms with van der Waals surface area (Å²) in [6.07, 6.45) is 4.43. The van der Waals surface area contributed by atoms with E-state index in [1.807, 2.05) is 18.2 Å². The van der Waals surface area contributed by atoms with Crippen LogP contribution in [0, 0.1) is 0 Å². The molecule has 4 rings (SSSR count). The van der Waals surface area contributed by atoms with Gasteiger partial charge in [0.15, 0.2) is 11.5 Å². The molecule has 1 saturated carbocycles. The molecule has 1 aliphatic rings. The topological polar surface area (TPSA) is 67.9 Å². The van der Waals surface area contributed by atoms with E-state index in [9.17, 15) is 0 Å². The van der Waals surface area contributed by atoms with E-state index in [0.717, 1.165) is 54.9 Å². The number of benzene rings is 2. The summed E-state index contributed by atoms with van der Waals surface area (Å²) in [4.78, 5) is 7.02. The van der Waals surface area contributed by atoms with Gasteiger partial charge >= 0.3 is 0 Å². The standard InChI is InChI=1S/C27H36N4O3/c1-31(2)23-16-25(30-22-9-7-6-8-21(22)23)29-20-13-11-19(12-14-20)28-17-18-10-15-24(32-3)27(34-5)26(18)33-4/h6-10,15-16,19-20,28H,11-14,17H2,1-5H3,(H,29,30). The van der Waals surface area contributed by atoms with Gasteiger partial charge in [0.1, 0.15) is 5.82 Å². The zero-order valence-corrected chi connectivity index (χ0v) is 20.9. The maximum atomic E-state index is 5.62. The molecule has 1 aromatic heterocycles. The molecule has 0 aliphatic heterocycles. The molecule has 1 aliphatic carbocycles. The Bertz CT molecular complexity index is 1110. The smallest absolute Gasteiger partial charge is 0.203 e. The number of para-hydroxylation sites is 1. The van der Waals surface area contributed by atoms with Crippen molar-refractivity contribution in [2.75, 3.05) is 45.6 Å². The Morgan fingerprint density at radius 3 is 2.26 bits per heavy atom. The summed E-state index contributed by atoms with van der Waals surface area (Å²) in [7, 11) is 9.10. The molecule has 2 aromatic carbocycles. The van der Waals surface area contributed by atoms with Gasteiger partial charge in [-0.1, -0.05) is 24.3 Å². The molecule has 1 heterocycles. The van der Waals surface area contributed by atoms with Gasteiger partial charge in [-0.05, 0) is 37.8 Å². The summed E-state index contributed by atoms with van der Waals surface area (Å²) in [5, 5.41) is 8.58. The van der Waals surface area contributed by atoms with Crippen molar-refractivity contribution in [2.24, 2.45) is 0 Å². The number of nitrogens with one attached hydrogen (secondary N) is 2. The van der Waals surface area contributed by atoms with Crippen molar-refractivity contribution >= 4 is 22.4 Å². The van der Waals surface area contributed by atoms with Crippen molar-refractivity contribution in [3.8, 4) is 17.2 Å². The zero-order valence-electron chi connectivity index (χ0n) is 20.9. The maximum Gasteiger partial charge on any atom is 0.203 e. The minimum absolute atomic E-state index is 0.428. The lowest BCUT2D eigenvalue weighted by atomic mass is 9.91. The van der Waals surface area contributed by atoms with Crippen LogP contribution in [0.2, 0.25) is 0 Å². The van der Waals surface area contributed by atoms with Gasteiger partial charge in [0.25, 0.3) is 0 Å². The van der Waals surface area contributed by atoms with Crippen molar-refractivity contribution in [1.82, 2.24) is 10.3 Å². The van der Waals surface area contributed by atoms with Gasteiger partial charge in [0, 0.05) is 55.4 Å². The second-order valence-corrected chi connectivity index (χ2v) is 9.01. The molecule has 182 valence electrons. The predicted molar refractivity (Wildman–Crippen MR) is 139 cm³/mol. The number of ether oxygens (including phenoxy) is 3. The molecule has 2 N–H and O–H groups in total. The largest absolute Gasteiger partial charge is 0.493 e. The number of pyridine rings is 1. The van der Waals surface area contributed by atoms with Gasteiger partial charge in [-0.2, -0.15) is 0 Å². The van der Waals surface area contributed by atoms with Gasteiger partial charge in [-0.15, -0.1) is 0 Å². The van der Waals surface area contributed by atoms with Crippen LogP contribution in [-0.4, -0.2) is 52.5 Å². The first kappa shape index (κ1) is 24.0. The van der Waals surface area contributed by atoms with Crippen LogP contribution in [-0.2, 0) is 6.54 Å². The molecule has 0 saturated heterocycles. The van der Waals surface area contributed by atoms with E-state index >= 15 is 0 Å². The zero-order chi connectivity index (χ0) is 24.1. The number of rotatable bonds is 9. The summed E-state index contributed by atoms with van der Waals surface area (Å²) in [6, 6.07) is 15.3. The van der Waals surface area contributed by atoms with E-state index in [4.69, 9.17) is 19.2 Å². The molecule has 1 fully saturated rings. The lowest BCUT2D eigenvalue weighted by Crippen LogP contribution is -2.36. The molecular weight excluding hydrogens is 428 g/mol. The summed E-state index contributed by atoms with van der Waals surface area (Å²) in [6.45, 7) is 0.727. The quantitative estimate of drug-likeness (QED) is 0.470. The van der Waals surface area contributed by atoms with Crippen LogP contribution in [0.25, 0.3) is 10.9 Å². The van der Waals surface area contributed by atoms with Gasteiger partial charge in [-0.3, -0.25) is 0 Å². The number of hydrogen-bond donors (Lipinski definition) is 2. The molecule has 0 amide bonds. The Balaban J connectivity index is 1.36. The summed E-state index contributed by atoms with van der Waals surface area (Å²) in [5.41, 5.74) is 3.28. The van der Waals surface area contributed by atoms with Crippen LogP contribution in [0.4, 0.5) is 11.5 Å². The summed E-state index contributed by atoms with van der Waals surface area (Å²) < 4.78 is 16.5. The SMILES string of the molecule is COc1ccc(CNC2CCC(Nc3cc(N(C)C)c4ccccc4n3)CC2)c(OC)c1OC. The number of anilines is 2. The van der Waals surface area contributed by atoms with Crippen molar-refractivity contribution in [2.45, 2.75) is 44.3 Å². The highest BCUT2D eigenvalue weighted by Gasteiger charge is 2.23. The lowest BCUT2D eigenvalue weighted by molar-refractivity contribution is 0.318. The minimum atomic E-state index is 0.428. The molecule has 0 radical (unpaired) electrons. The molecule has 34 heavy (non-hydrogen) atoms. The van der Waals surface area contributed by atoms with Crippen LogP contribution in [0.5, 0.6) is 17.2 Å². The third-order valence-corrected chi connectivity index (χ3v) is 6.62. The van der Waals surface area contributed by atoms with Crippen molar-refractivity contribution < 1.29 is 14.2 Å². The van der Waals surface area contributed by atoms with Gasteiger partial charge < -0.3 is 29.7 Å². The fraction of sp³-hybridized carbons (Fsp3) is 0.444. The first-order valence-electron chi connectivity index (χ1n) is 11.9. The normalized spacial score (nSPS) is 17.9. The first-order chi connectivity index (χ1) is 16.5. The lowest BCUT2D eigenvalue weighted by Gasteiger charge is -2.30. The van der Waals surface area contributed by atoms with Gasteiger partial charge in [0.05, 0.1) is 26.8 Å². The highest BCUT2D eigenvalue weighted by Crippen LogP contribution is 2.40. The van der Waals surface area contributed by atoms with E-state index in [2.05, 4.69) is 53.9 Å². The number of methoxy groups -OCH3 is 3. The van der Waals surface area contributed by atoms with Crippen molar-refractivity contribution in [3.05, 3.63) is 48.0 Å². The van der Waals surface area contributed by atoms with Crippen LogP contribution < -0.4 is 29.7 Å². The monoisotopic (exact) mass is 464 g/mol. The summed E-state index contributed by atoms with van der Waals surface area (Å²) in [5.74, 6) is 2.99. The Labute approximate surface area is 202 Å². The summed E-state index contributed by atoms with van der Waals surface area (Å²) >= 11 is 0. The minimum Gasteiger partial charge on any atom is -0.493 e. The Morgan fingerprint density at radius 1 is 0.882 bits per heavy atom.